The van der Waals surface area contributed by atoms with Gasteiger partial charge in [0.05, 0.1) is 0 Å². The van der Waals surface area contributed by atoms with Gasteiger partial charge in [-0.15, -0.1) is 0 Å². The van der Waals surface area contributed by atoms with Crippen molar-refractivity contribution in [3.8, 4) is 0 Å². The van der Waals surface area contributed by atoms with E-state index in [1.165, 1.54) is 6.92 Å². The molecule has 0 bridgehead atoms. The van der Waals surface area contributed by atoms with Crippen LogP contribution in [0.25, 0.3) is 0 Å². The summed E-state index contributed by atoms with van der Waals surface area (Å²) in [7, 11) is 0. The molecule has 15 heavy (non-hydrogen) atoms. The van der Waals surface area contributed by atoms with Gasteiger partial charge in [-0.1, -0.05) is 0 Å². The lowest BCUT2D eigenvalue weighted by atomic mass is 10.2. The van der Waals surface area contributed by atoms with Crippen LogP contribution in [0, 0.1) is 0 Å². The molecule has 0 aliphatic heterocycles. The number of nitrogens with two attached hydrogens (primary N) is 1. The monoisotopic (exact) mass is 208 g/mol. The summed E-state index contributed by atoms with van der Waals surface area (Å²) in [6, 6.07) is 5.34. The number of benzene rings is 1. The van der Waals surface area contributed by atoms with Gasteiger partial charge in [0, 0.05) is 11.3 Å². The molecule has 0 heterocycles. The minimum absolute atomic E-state index is 0.386. The smallest absolute Gasteiger partial charge is 0.325 e. The zero-order chi connectivity index (χ0) is 11.4. The molecule has 0 fully saturated rings. The van der Waals surface area contributed by atoms with Crippen molar-refractivity contribution < 1.29 is 14.7 Å². The number of hydrogen-bond donors (Lipinski definition) is 3. The molecular weight excluding hydrogens is 196 g/mol. The molecule has 0 unspecified atom stereocenters. The average Bonchev–Trinajstić information content (AvgIpc) is 2.18. The van der Waals surface area contributed by atoms with Crippen LogP contribution in [0.15, 0.2) is 24.3 Å². The highest BCUT2D eigenvalue weighted by Crippen LogP contribution is 2.05. The molecule has 0 radical (unpaired) electrons. The fourth-order valence-corrected chi connectivity index (χ4v) is 0.976. The largest absolute Gasteiger partial charge is 0.480 e. The van der Waals surface area contributed by atoms with E-state index in [0.717, 1.165) is 0 Å². The fraction of sp³-hybridized carbons (Fsp3) is 0.200. The average molecular weight is 208 g/mol. The van der Waals surface area contributed by atoms with Crippen LogP contribution in [0.2, 0.25) is 0 Å². The number of anilines is 1. The Balaban J connectivity index is 2.69. The summed E-state index contributed by atoms with van der Waals surface area (Å²) in [4.78, 5) is 21.9. The Morgan fingerprint density at radius 2 is 1.87 bits per heavy atom. The number of aliphatic carboxylic acids is 1. The lowest BCUT2D eigenvalue weighted by Crippen LogP contribution is -2.38. The first-order valence-electron chi connectivity index (χ1n) is 4.40. The molecule has 0 aliphatic rings. The molecule has 0 aromatic heterocycles. The number of carbonyl (C=O) groups excluding carboxylic acids is 1. The molecule has 4 N–H and O–H groups in total. The van der Waals surface area contributed by atoms with Crippen LogP contribution >= 0.6 is 0 Å². The second kappa shape index (κ2) is 4.45. The van der Waals surface area contributed by atoms with Gasteiger partial charge in [0.1, 0.15) is 6.04 Å². The van der Waals surface area contributed by atoms with Crippen LogP contribution in [0.1, 0.15) is 17.3 Å². The van der Waals surface area contributed by atoms with E-state index in [1.807, 2.05) is 0 Å². The van der Waals surface area contributed by atoms with Crippen molar-refractivity contribution in [3.05, 3.63) is 29.8 Å². The topological polar surface area (TPSA) is 92.4 Å². The Hall–Kier alpha value is -2.04. The number of hydrogen-bond acceptors (Lipinski definition) is 3. The molecule has 5 nitrogen and oxygen atoms in total. The molecular formula is C10H12N2O3. The number of rotatable bonds is 3. The summed E-state index contributed by atoms with van der Waals surface area (Å²) in [5.74, 6) is -1.50. The van der Waals surface area contributed by atoms with Crippen molar-refractivity contribution >= 4 is 17.6 Å². The number of carbonyl (C=O) groups is 2. The van der Waals surface area contributed by atoms with Crippen molar-refractivity contribution in [1.29, 1.82) is 0 Å². The van der Waals surface area contributed by atoms with Crippen LogP contribution < -0.4 is 11.1 Å². The molecule has 1 atom stereocenters. The van der Waals surface area contributed by atoms with Crippen molar-refractivity contribution in [2.45, 2.75) is 13.0 Å². The van der Waals surface area contributed by atoms with E-state index < -0.39 is 17.9 Å². The van der Waals surface area contributed by atoms with Crippen LogP contribution in [0.3, 0.4) is 0 Å². The van der Waals surface area contributed by atoms with Crippen LogP contribution in [0.5, 0.6) is 0 Å². The molecule has 1 aromatic carbocycles. The van der Waals surface area contributed by atoms with E-state index in [-0.39, 0.29) is 0 Å². The minimum atomic E-state index is -1.07. The lowest BCUT2D eigenvalue weighted by Gasteiger charge is -2.08. The molecule has 0 saturated heterocycles. The number of nitrogens with one attached hydrogen (secondary N) is 1. The van der Waals surface area contributed by atoms with Gasteiger partial charge in [0.2, 0.25) is 0 Å². The van der Waals surface area contributed by atoms with Gasteiger partial charge < -0.3 is 16.2 Å². The van der Waals surface area contributed by atoms with Crippen molar-refractivity contribution in [3.63, 3.8) is 0 Å². The first-order chi connectivity index (χ1) is 7.00. The fourth-order valence-electron chi connectivity index (χ4n) is 0.976. The Bertz CT molecular complexity index is 373. The highest BCUT2D eigenvalue weighted by Gasteiger charge is 2.14. The molecule has 1 amide bonds. The molecule has 1 aromatic rings. The van der Waals surface area contributed by atoms with Crippen molar-refractivity contribution in [1.82, 2.24) is 5.32 Å². The first-order valence-corrected chi connectivity index (χ1v) is 4.40. The Kier molecular flexibility index (Phi) is 3.28. The van der Waals surface area contributed by atoms with Crippen LogP contribution in [-0.4, -0.2) is 23.0 Å². The predicted molar refractivity (Wildman–Crippen MR) is 55.4 cm³/mol. The molecule has 0 spiro atoms. The summed E-state index contributed by atoms with van der Waals surface area (Å²) in [5.41, 5.74) is 6.39. The molecule has 5 heteroatoms. The summed E-state index contributed by atoms with van der Waals surface area (Å²) < 4.78 is 0. The number of carboxylic acids is 1. The van der Waals surface area contributed by atoms with Crippen LogP contribution in [-0.2, 0) is 4.79 Å². The maximum atomic E-state index is 11.5. The summed E-state index contributed by atoms with van der Waals surface area (Å²) in [6.07, 6.45) is 0. The van der Waals surface area contributed by atoms with Gasteiger partial charge in [-0.2, -0.15) is 0 Å². The van der Waals surface area contributed by atoms with Crippen molar-refractivity contribution in [2.75, 3.05) is 5.73 Å². The molecule has 1 rings (SSSR count). The van der Waals surface area contributed by atoms with Crippen molar-refractivity contribution in [2.24, 2.45) is 0 Å². The second-order valence-corrected chi connectivity index (χ2v) is 3.16. The normalized spacial score (nSPS) is 11.8. The third-order valence-corrected chi connectivity index (χ3v) is 1.89. The first kappa shape index (κ1) is 11.0. The highest BCUT2D eigenvalue weighted by atomic mass is 16.4. The maximum absolute atomic E-state index is 11.5. The van der Waals surface area contributed by atoms with Crippen LogP contribution in [0.4, 0.5) is 5.69 Å². The van der Waals surface area contributed by atoms with Gasteiger partial charge in [-0.25, -0.2) is 0 Å². The summed E-state index contributed by atoms with van der Waals surface area (Å²) >= 11 is 0. The number of carboxylic acid groups (broad SMARTS) is 1. The van der Waals surface area contributed by atoms with E-state index in [9.17, 15) is 9.59 Å². The summed E-state index contributed by atoms with van der Waals surface area (Å²) in [5, 5.41) is 10.9. The Morgan fingerprint density at radius 3 is 2.33 bits per heavy atom. The SMILES string of the molecule is C[C@H](NC(=O)c1ccc(N)cc1)C(=O)O. The van der Waals surface area contributed by atoms with Gasteiger partial charge in [-0.3, -0.25) is 9.59 Å². The molecule has 0 saturated carbocycles. The second-order valence-electron chi connectivity index (χ2n) is 3.16. The molecule has 80 valence electrons. The van der Waals surface area contributed by atoms with E-state index in [2.05, 4.69) is 5.32 Å². The van der Waals surface area contributed by atoms with E-state index >= 15 is 0 Å². The summed E-state index contributed by atoms with van der Waals surface area (Å²) in [6.45, 7) is 1.40. The van der Waals surface area contributed by atoms with Gasteiger partial charge >= 0.3 is 5.97 Å². The zero-order valence-corrected chi connectivity index (χ0v) is 8.23. The Labute approximate surface area is 86.9 Å². The minimum Gasteiger partial charge on any atom is -0.480 e. The van der Waals surface area contributed by atoms with E-state index in [0.29, 0.717) is 11.3 Å². The standard InChI is InChI=1S/C10H12N2O3/c1-6(10(14)15)12-9(13)7-2-4-8(11)5-3-7/h2-6H,11H2,1H3,(H,12,13)(H,14,15)/t6-/m0/s1. The van der Waals surface area contributed by atoms with E-state index in [1.54, 1.807) is 24.3 Å². The predicted octanol–water partition coefficient (Wildman–Crippen LogP) is 0.472. The van der Waals surface area contributed by atoms with E-state index in [4.69, 9.17) is 10.8 Å². The quantitative estimate of drug-likeness (QED) is 0.629. The Morgan fingerprint density at radius 1 is 1.33 bits per heavy atom. The van der Waals surface area contributed by atoms with Gasteiger partial charge in [0.15, 0.2) is 0 Å². The lowest BCUT2D eigenvalue weighted by molar-refractivity contribution is -0.138. The third kappa shape index (κ3) is 2.98. The van der Waals surface area contributed by atoms with Gasteiger partial charge in [0.25, 0.3) is 5.91 Å². The number of nitrogen functional groups attached to an aromatic ring is 1. The zero-order valence-electron chi connectivity index (χ0n) is 8.23. The number of amides is 1. The molecule has 0 aliphatic carbocycles. The highest BCUT2D eigenvalue weighted by molar-refractivity contribution is 5.96. The maximum Gasteiger partial charge on any atom is 0.325 e. The third-order valence-electron chi connectivity index (χ3n) is 1.89. The van der Waals surface area contributed by atoms with Gasteiger partial charge in [-0.05, 0) is 31.2 Å².